The van der Waals surface area contributed by atoms with Crippen molar-refractivity contribution in [1.29, 1.82) is 0 Å². The molecule has 1 saturated heterocycles. The number of carbonyl (C=O) groups excluding carboxylic acids is 3. The third kappa shape index (κ3) is 3.46. The van der Waals surface area contributed by atoms with Crippen LogP contribution >= 0.6 is 0 Å². The minimum absolute atomic E-state index is 0.186. The fraction of sp³-hybridized carbons (Fsp3) is 0.0909. The van der Waals surface area contributed by atoms with Gasteiger partial charge in [0.15, 0.2) is 5.92 Å². The number of anilines is 1. The summed E-state index contributed by atoms with van der Waals surface area (Å²) in [4.78, 5) is 53.7. The van der Waals surface area contributed by atoms with Gasteiger partial charge < -0.3 is 0 Å². The number of amides is 4. The summed E-state index contributed by atoms with van der Waals surface area (Å²) >= 11 is 0. The molecule has 0 aromatic heterocycles. The molecule has 1 aliphatic heterocycles. The maximum atomic E-state index is 11.5. The topological polar surface area (TPSA) is 186 Å². The van der Waals surface area contributed by atoms with Gasteiger partial charge in [-0.3, -0.25) is 45.9 Å². The molecule has 2 rings (SSSR count). The minimum Gasteiger partial charge on any atom is -0.277 e. The number of nitro groups is 2. The third-order valence-corrected chi connectivity index (χ3v) is 2.84. The Hall–Kier alpha value is -3.90. The summed E-state index contributed by atoms with van der Waals surface area (Å²) < 4.78 is 0. The number of hydrogen-bond donors (Lipinski definition) is 3. The lowest BCUT2D eigenvalue weighted by atomic mass is 10.1. The molecule has 0 saturated carbocycles. The summed E-state index contributed by atoms with van der Waals surface area (Å²) in [7, 11) is 0. The van der Waals surface area contributed by atoms with Crippen LogP contribution in [0.25, 0.3) is 0 Å². The van der Waals surface area contributed by atoms with E-state index < -0.39 is 45.0 Å². The van der Waals surface area contributed by atoms with Gasteiger partial charge >= 0.3 is 11.7 Å². The Morgan fingerprint density at radius 1 is 1.08 bits per heavy atom. The molecule has 13 nitrogen and oxygen atoms in total. The molecule has 0 aliphatic carbocycles. The van der Waals surface area contributed by atoms with Crippen LogP contribution in [-0.4, -0.2) is 33.9 Å². The number of hydrogen-bond acceptors (Lipinski definition) is 9. The van der Waals surface area contributed by atoms with Crippen molar-refractivity contribution in [2.45, 2.75) is 0 Å². The number of non-ortho nitro benzene ring substituents is 1. The van der Waals surface area contributed by atoms with Crippen molar-refractivity contribution in [3.8, 4) is 0 Å². The van der Waals surface area contributed by atoms with Gasteiger partial charge in [0.05, 0.1) is 15.9 Å². The van der Waals surface area contributed by atoms with Gasteiger partial charge in [0.2, 0.25) is 11.8 Å². The highest BCUT2D eigenvalue weighted by Crippen LogP contribution is 2.28. The van der Waals surface area contributed by atoms with Crippen LogP contribution in [-0.2, 0) is 9.59 Å². The Kier molecular flexibility index (Phi) is 4.44. The van der Waals surface area contributed by atoms with Crippen LogP contribution < -0.4 is 16.1 Å². The predicted octanol–water partition coefficient (Wildman–Crippen LogP) is -0.117. The predicted molar refractivity (Wildman–Crippen MR) is 77.0 cm³/mol. The van der Waals surface area contributed by atoms with Crippen molar-refractivity contribution < 1.29 is 24.2 Å². The van der Waals surface area contributed by atoms with E-state index in [9.17, 15) is 34.6 Å². The molecule has 13 heteroatoms. The molecule has 1 aliphatic rings. The Morgan fingerprint density at radius 3 is 2.25 bits per heavy atom. The maximum absolute atomic E-state index is 11.5. The summed E-state index contributed by atoms with van der Waals surface area (Å²) in [5, 5.41) is 28.8. The van der Waals surface area contributed by atoms with Crippen molar-refractivity contribution in [3.05, 3.63) is 38.4 Å². The van der Waals surface area contributed by atoms with E-state index in [1.54, 1.807) is 0 Å². The molecule has 0 bridgehead atoms. The number of benzene rings is 1. The smallest absolute Gasteiger partial charge is 0.277 e. The lowest BCUT2D eigenvalue weighted by molar-refractivity contribution is -0.393. The van der Waals surface area contributed by atoms with E-state index in [1.165, 1.54) is 0 Å². The zero-order valence-electron chi connectivity index (χ0n) is 11.6. The Balaban J connectivity index is 2.18. The highest BCUT2D eigenvalue weighted by Gasteiger charge is 2.32. The third-order valence-electron chi connectivity index (χ3n) is 2.84. The quantitative estimate of drug-likeness (QED) is 0.287. The molecule has 3 N–H and O–H groups in total. The lowest BCUT2D eigenvalue weighted by Gasteiger charge is -2.16. The number of imide groups is 2. The van der Waals surface area contributed by atoms with E-state index in [2.05, 4.69) is 10.5 Å². The Labute approximate surface area is 132 Å². The average molecular weight is 336 g/mol. The molecule has 0 unspecified atom stereocenters. The van der Waals surface area contributed by atoms with Gasteiger partial charge in [-0.2, -0.15) is 5.10 Å². The highest BCUT2D eigenvalue weighted by molar-refractivity contribution is 6.23. The molecular formula is C11H8N6O7. The van der Waals surface area contributed by atoms with E-state index in [0.717, 1.165) is 24.4 Å². The van der Waals surface area contributed by atoms with Crippen molar-refractivity contribution in [2.75, 3.05) is 5.43 Å². The summed E-state index contributed by atoms with van der Waals surface area (Å²) in [6, 6.07) is 1.84. The largest absolute Gasteiger partial charge is 0.328 e. The van der Waals surface area contributed by atoms with Gasteiger partial charge in [-0.25, -0.2) is 4.79 Å². The Bertz CT molecular complexity index is 769. The first-order valence-electron chi connectivity index (χ1n) is 6.17. The summed E-state index contributed by atoms with van der Waals surface area (Å²) in [6.07, 6.45) is 0.836. The van der Waals surface area contributed by atoms with Gasteiger partial charge in [-0.15, -0.1) is 0 Å². The van der Waals surface area contributed by atoms with Crippen LogP contribution in [0.1, 0.15) is 0 Å². The van der Waals surface area contributed by atoms with Gasteiger partial charge in [0.25, 0.3) is 5.69 Å². The number of rotatable bonds is 5. The SMILES string of the molecule is O=C1NC(=O)C(/C=N/Nc2ccc([N+](=O)[O-])cc2[N+](=O)[O-])C(=O)N1. The number of nitrogens with one attached hydrogen (secondary N) is 3. The summed E-state index contributed by atoms with van der Waals surface area (Å²) in [6.45, 7) is 0. The van der Waals surface area contributed by atoms with Crippen molar-refractivity contribution in [1.82, 2.24) is 10.6 Å². The zero-order valence-corrected chi connectivity index (χ0v) is 11.6. The number of barbiturate groups is 1. The Morgan fingerprint density at radius 2 is 1.71 bits per heavy atom. The number of hydrazone groups is 1. The van der Waals surface area contributed by atoms with Crippen LogP contribution in [0.5, 0.6) is 0 Å². The number of urea groups is 1. The van der Waals surface area contributed by atoms with Crippen LogP contribution in [0.3, 0.4) is 0 Å². The lowest BCUT2D eigenvalue weighted by Crippen LogP contribution is -2.56. The van der Waals surface area contributed by atoms with E-state index >= 15 is 0 Å². The van der Waals surface area contributed by atoms with E-state index in [-0.39, 0.29) is 5.69 Å². The molecule has 24 heavy (non-hydrogen) atoms. The standard InChI is InChI=1S/C11H8N6O7/c18-9-6(10(19)14-11(20)13-9)4-12-15-7-2-1-5(16(21)22)3-8(7)17(23)24/h1-4,6,15H,(H2,13,14,18,19,20)/b12-4+. The van der Waals surface area contributed by atoms with Crippen molar-refractivity contribution >= 4 is 41.1 Å². The first kappa shape index (κ1) is 16.5. The maximum Gasteiger partial charge on any atom is 0.328 e. The average Bonchev–Trinajstić information content (AvgIpc) is 2.49. The summed E-state index contributed by atoms with van der Waals surface area (Å²) in [5.74, 6) is -3.23. The second-order valence-electron chi connectivity index (χ2n) is 4.39. The van der Waals surface area contributed by atoms with Crippen LogP contribution in [0, 0.1) is 26.1 Å². The number of nitrogens with zero attached hydrogens (tertiary/aromatic N) is 3. The van der Waals surface area contributed by atoms with Crippen LogP contribution in [0.4, 0.5) is 21.9 Å². The van der Waals surface area contributed by atoms with E-state index in [0.29, 0.717) is 0 Å². The molecule has 1 aromatic carbocycles. The zero-order chi connectivity index (χ0) is 17.9. The fourth-order valence-electron chi connectivity index (χ4n) is 1.73. The van der Waals surface area contributed by atoms with Gasteiger partial charge in [0.1, 0.15) is 5.69 Å². The molecule has 1 aromatic rings. The normalized spacial score (nSPS) is 15.1. The van der Waals surface area contributed by atoms with Gasteiger partial charge in [-0.05, 0) is 6.07 Å². The van der Waals surface area contributed by atoms with E-state index in [4.69, 9.17) is 0 Å². The van der Waals surface area contributed by atoms with Gasteiger partial charge in [-0.1, -0.05) is 0 Å². The highest BCUT2D eigenvalue weighted by atomic mass is 16.6. The summed E-state index contributed by atoms with van der Waals surface area (Å²) in [5.41, 5.74) is 0.933. The second-order valence-corrected chi connectivity index (χ2v) is 4.39. The number of carbonyl (C=O) groups is 3. The molecule has 0 radical (unpaired) electrons. The minimum atomic E-state index is -1.41. The molecular weight excluding hydrogens is 328 g/mol. The first-order valence-corrected chi connectivity index (χ1v) is 6.17. The van der Waals surface area contributed by atoms with Crippen LogP contribution in [0.2, 0.25) is 0 Å². The number of nitro benzene ring substituents is 2. The molecule has 0 atom stereocenters. The van der Waals surface area contributed by atoms with E-state index in [1.807, 2.05) is 10.6 Å². The molecule has 4 amide bonds. The van der Waals surface area contributed by atoms with Crippen LogP contribution in [0.15, 0.2) is 23.3 Å². The monoisotopic (exact) mass is 336 g/mol. The molecule has 0 spiro atoms. The molecule has 1 fully saturated rings. The van der Waals surface area contributed by atoms with Gasteiger partial charge in [0, 0.05) is 12.3 Å². The van der Waals surface area contributed by atoms with Crippen molar-refractivity contribution in [2.24, 2.45) is 11.0 Å². The molecule has 1 heterocycles. The fourth-order valence-corrected chi connectivity index (χ4v) is 1.73. The second kappa shape index (κ2) is 6.47. The van der Waals surface area contributed by atoms with Crippen molar-refractivity contribution in [3.63, 3.8) is 0 Å². The first-order chi connectivity index (χ1) is 11.3. The molecule has 124 valence electrons.